The molecule has 4 nitrogen and oxygen atoms in total. The van der Waals surface area contributed by atoms with Crippen LogP contribution in [0.1, 0.15) is 12.8 Å². The van der Waals surface area contributed by atoms with E-state index in [-0.39, 0.29) is 40.0 Å². The molecule has 17 heteroatoms. The van der Waals surface area contributed by atoms with Gasteiger partial charge in [-0.15, -0.1) is 53.6 Å². The van der Waals surface area contributed by atoms with Crippen LogP contribution in [0.2, 0.25) is 0 Å². The van der Waals surface area contributed by atoms with Crippen LogP contribution < -0.4 is 0 Å². The molecule has 10 unspecified atom stereocenters. The van der Waals surface area contributed by atoms with E-state index in [2.05, 4.69) is 67.5 Å². The molecule has 0 aromatic heterocycles. The summed E-state index contributed by atoms with van der Waals surface area (Å²) in [5.41, 5.74) is 0. The predicted molar refractivity (Wildman–Crippen MR) is 143 cm³/mol. The highest BCUT2D eigenvalue weighted by Crippen LogP contribution is 3.17. The largest absolute Gasteiger partial charge is 0.484 e. The number of carbonyl (C=O) groups is 1. The summed E-state index contributed by atoms with van der Waals surface area (Å²) in [5, 5.41) is 0. The fraction of sp³-hybridized carbons (Fsp3) is 0.667. The molecule has 23 heavy (non-hydrogen) atoms. The molecule has 1 aliphatic rings. The Kier molecular flexibility index (Phi) is 14.4. The first kappa shape index (κ1) is 25.6. The van der Waals surface area contributed by atoms with Crippen LogP contribution in [0.25, 0.3) is 0 Å². The summed E-state index contributed by atoms with van der Waals surface area (Å²) in [4.78, 5) is 17.0. The lowest BCUT2D eigenvalue weighted by Crippen LogP contribution is -2.16. The van der Waals surface area contributed by atoms with Gasteiger partial charge in [-0.05, 0) is 27.4 Å². The first-order chi connectivity index (χ1) is 10.7. The van der Waals surface area contributed by atoms with Crippen LogP contribution in [0.3, 0.4) is 0 Å². The van der Waals surface area contributed by atoms with Gasteiger partial charge in [-0.2, -0.15) is 0 Å². The zero-order valence-corrected chi connectivity index (χ0v) is 25.8. The highest BCUT2D eigenvalue weighted by atomic mass is 33.2. The molecule has 1 aliphatic heterocycles. The van der Waals surface area contributed by atoms with Gasteiger partial charge in [0.15, 0.2) is 19.5 Å². The van der Waals surface area contributed by atoms with Crippen molar-refractivity contribution in [3.05, 3.63) is 0 Å². The fourth-order valence-corrected chi connectivity index (χ4v) is 96.7. The van der Waals surface area contributed by atoms with Gasteiger partial charge in [-0.1, -0.05) is 8.93 Å². The van der Waals surface area contributed by atoms with E-state index in [0.29, 0.717) is 12.3 Å². The fourth-order valence-electron chi connectivity index (χ4n) is 1.57. The highest BCUT2D eigenvalue weighted by Gasteiger charge is 2.39. The normalized spacial score (nSPS) is 21.0. The quantitative estimate of drug-likeness (QED) is 0.302. The lowest BCUT2D eigenvalue weighted by Gasteiger charge is -2.36. The number of aliphatic imine (C=N–C) groups is 1. The molecular weight excluding hydrogens is 537 g/mol. The van der Waals surface area contributed by atoms with Crippen molar-refractivity contribution in [3.8, 4) is 0 Å². The van der Waals surface area contributed by atoms with E-state index in [0.717, 1.165) is 6.42 Å². The molecule has 0 spiro atoms. The lowest BCUT2D eigenvalue weighted by molar-refractivity contribution is -0.134. The Bertz CT molecular complexity index is 424. The molecule has 0 radical (unpaired) electrons. The van der Waals surface area contributed by atoms with E-state index in [1.165, 1.54) is 0 Å². The lowest BCUT2D eigenvalue weighted by atomic mass is 10.2. The van der Waals surface area contributed by atoms with Crippen LogP contribution >= 0.6 is 105 Å². The molecule has 0 saturated carbocycles. The van der Waals surface area contributed by atoms with Crippen molar-refractivity contribution < 1.29 is 14.1 Å². The van der Waals surface area contributed by atoms with E-state index in [1.54, 1.807) is 7.11 Å². The average molecular weight is 559 g/mol. The molecule has 1 rings (SSSR count). The monoisotopic (exact) mass is 559 g/mol. The van der Waals surface area contributed by atoms with Crippen LogP contribution in [-0.4, -0.2) is 25.0 Å². The molecule has 0 amide bonds. The Labute approximate surface area is 161 Å². The Hall–Kier alpha value is 4.53. The van der Waals surface area contributed by atoms with Gasteiger partial charge in [-0.3, -0.25) is 0 Å². The molecule has 0 aliphatic carbocycles. The summed E-state index contributed by atoms with van der Waals surface area (Å²) < 4.78 is 11.3. The van der Waals surface area contributed by atoms with E-state index in [1.807, 2.05) is 0 Å². The standard InChI is InChI=1S/C6H22NO3P13/c1-9-5-3-2-4(7-5)6(8)10-18(22(17)19(11)12)23(20(13)14)21(15)16/h4H,2-3,11-17H2,1H3. The predicted octanol–water partition coefficient (Wildman–Crippen LogP) is 7.65. The summed E-state index contributed by atoms with van der Waals surface area (Å²) in [6.07, 6.45) is 1.42. The van der Waals surface area contributed by atoms with Gasteiger partial charge in [0.25, 0.3) is 0 Å². The van der Waals surface area contributed by atoms with Gasteiger partial charge in [0.05, 0.1) is 7.11 Å². The van der Waals surface area contributed by atoms with Gasteiger partial charge in [0.2, 0.25) is 0 Å². The zero-order valence-electron chi connectivity index (χ0n) is 12.4. The first-order valence-electron chi connectivity index (χ1n) is 6.04. The van der Waals surface area contributed by atoms with Crippen molar-refractivity contribution >= 4 is 117 Å². The van der Waals surface area contributed by atoms with Gasteiger partial charge >= 0.3 is 5.97 Å². The number of hydrogen-bond acceptors (Lipinski definition) is 4. The van der Waals surface area contributed by atoms with Gasteiger partial charge in [0.1, 0.15) is 0 Å². The maximum Gasteiger partial charge on any atom is 0.334 e. The number of ether oxygens (including phenoxy) is 1. The molecule has 0 N–H and O–H groups in total. The molecule has 1 heterocycles. The molecule has 0 aromatic carbocycles. The third kappa shape index (κ3) is 8.42. The van der Waals surface area contributed by atoms with Crippen molar-refractivity contribution in [3.63, 3.8) is 0 Å². The molecule has 0 aromatic rings. The number of rotatable bonds is 7. The first-order valence-corrected chi connectivity index (χ1v) is 28.9. The number of nitrogens with zero attached hydrogens (tertiary/aromatic N) is 1. The van der Waals surface area contributed by atoms with Crippen LogP contribution in [0.4, 0.5) is 0 Å². The molecule has 134 valence electrons. The van der Waals surface area contributed by atoms with E-state index in [4.69, 9.17) is 9.26 Å². The Balaban J connectivity index is 2.92. The maximum atomic E-state index is 12.6. The highest BCUT2D eigenvalue weighted by molar-refractivity contribution is 9.19. The van der Waals surface area contributed by atoms with Crippen LogP contribution in [0.5, 0.6) is 0 Å². The second kappa shape index (κ2) is 13.0. The van der Waals surface area contributed by atoms with Crippen LogP contribution in [-0.2, 0) is 14.1 Å². The van der Waals surface area contributed by atoms with Gasteiger partial charge in [-0.25, -0.2) is 9.79 Å². The van der Waals surface area contributed by atoms with Crippen molar-refractivity contribution in [1.29, 1.82) is 0 Å². The number of methoxy groups -OCH3 is 1. The van der Waals surface area contributed by atoms with Crippen molar-refractivity contribution in [2.45, 2.75) is 18.9 Å². The number of carbonyl (C=O) groups excluding carboxylic acids is 1. The molecular formula is C6H22NO3P13. The minimum Gasteiger partial charge on any atom is -0.484 e. The number of hydrogen-bond donors (Lipinski definition) is 0. The minimum absolute atomic E-state index is 0.170. The topological polar surface area (TPSA) is 47.9 Å². The second-order valence-corrected chi connectivity index (χ2v) is 52.9. The van der Waals surface area contributed by atoms with Crippen molar-refractivity contribution in [2.24, 2.45) is 4.99 Å². The van der Waals surface area contributed by atoms with Gasteiger partial charge in [0, 0.05) is 20.4 Å². The maximum absolute atomic E-state index is 12.6. The molecule has 0 fully saturated rings. The summed E-state index contributed by atoms with van der Waals surface area (Å²) in [7, 11) is 21.3. The van der Waals surface area contributed by atoms with Crippen LogP contribution in [0.15, 0.2) is 4.99 Å². The Morgan fingerprint density at radius 1 is 1.09 bits per heavy atom. The second-order valence-electron chi connectivity index (χ2n) is 4.17. The van der Waals surface area contributed by atoms with E-state index >= 15 is 0 Å². The van der Waals surface area contributed by atoms with E-state index < -0.39 is 14.5 Å². The Morgan fingerprint density at radius 3 is 2.04 bits per heavy atom. The third-order valence-corrected chi connectivity index (χ3v) is 73.2. The third-order valence-electron chi connectivity index (χ3n) is 2.59. The molecule has 0 bridgehead atoms. The zero-order chi connectivity index (χ0) is 17.7. The van der Waals surface area contributed by atoms with Crippen molar-refractivity contribution in [2.75, 3.05) is 7.11 Å². The summed E-state index contributed by atoms with van der Waals surface area (Å²) in [6, 6.07) is -0.388. The SMILES string of the molecule is COC1=NC(C(=O)OP(P(P)P(P)P)P(P(P)P)P(P)P)CC1. The molecule has 10 atom stereocenters. The summed E-state index contributed by atoms with van der Waals surface area (Å²) >= 11 is 0. The van der Waals surface area contributed by atoms with Crippen molar-refractivity contribution in [1.82, 2.24) is 0 Å². The smallest absolute Gasteiger partial charge is 0.334 e. The molecule has 0 saturated heterocycles. The summed E-state index contributed by atoms with van der Waals surface area (Å²) in [6.45, 7) is -1.62. The van der Waals surface area contributed by atoms with Gasteiger partial charge < -0.3 is 9.26 Å². The summed E-state index contributed by atoms with van der Waals surface area (Å²) in [5.74, 6) is 0.487. The minimum atomic E-state index is -0.783. The Morgan fingerprint density at radius 2 is 1.65 bits per heavy atom. The average Bonchev–Trinajstić information content (AvgIpc) is 2.93. The van der Waals surface area contributed by atoms with E-state index in [9.17, 15) is 4.79 Å². The van der Waals surface area contributed by atoms with Crippen LogP contribution in [0, 0.1) is 0 Å².